The van der Waals surface area contributed by atoms with Crippen LogP contribution in [0.4, 0.5) is 0 Å². The highest BCUT2D eigenvalue weighted by atomic mass is 35.5. The average molecular weight is 279 g/mol. The molecule has 2 aromatic rings. The fourth-order valence-electron chi connectivity index (χ4n) is 1.41. The van der Waals surface area contributed by atoms with Crippen molar-refractivity contribution in [1.29, 1.82) is 0 Å². The Morgan fingerprint density at radius 1 is 1.28 bits per heavy atom. The van der Waals surface area contributed by atoms with Crippen LogP contribution in [0.3, 0.4) is 0 Å². The second-order valence-electron chi connectivity index (χ2n) is 3.74. The van der Waals surface area contributed by atoms with Crippen molar-refractivity contribution < 1.29 is 4.74 Å². The third-order valence-corrected chi connectivity index (χ3v) is 2.86. The summed E-state index contributed by atoms with van der Waals surface area (Å²) in [6.07, 6.45) is 1.66. The minimum atomic E-state index is 0.267. The highest BCUT2D eigenvalue weighted by Gasteiger charge is 2.05. The molecule has 0 aliphatic heterocycles. The lowest BCUT2D eigenvalue weighted by Gasteiger charge is -2.08. The molecule has 0 fully saturated rings. The third-order valence-electron chi connectivity index (χ3n) is 2.33. The van der Waals surface area contributed by atoms with E-state index >= 15 is 0 Å². The molecule has 2 N–H and O–H groups in total. The lowest BCUT2D eigenvalue weighted by atomic mass is 10.2. The number of aryl methyl sites for hydroxylation is 1. The molecule has 2 rings (SSSR count). The lowest BCUT2D eigenvalue weighted by molar-refractivity contribution is 0.480. The van der Waals surface area contributed by atoms with E-state index in [1.165, 1.54) is 0 Å². The van der Waals surface area contributed by atoms with Crippen molar-refractivity contribution >= 4 is 28.8 Å². The Kier molecular flexibility index (Phi) is 3.79. The van der Waals surface area contributed by atoms with E-state index in [1.807, 2.05) is 19.1 Å². The minimum absolute atomic E-state index is 0.267. The number of hydrogen-bond acceptors (Lipinski definition) is 3. The van der Waals surface area contributed by atoms with E-state index in [2.05, 4.69) is 4.98 Å². The molecule has 0 atom stereocenters. The van der Waals surface area contributed by atoms with E-state index in [0.29, 0.717) is 22.1 Å². The molecule has 92 valence electrons. The SMILES string of the molecule is Cc1ccc(Oc2ccc(C(N)=S)c(Cl)c2)cn1. The Hall–Kier alpha value is -1.65. The van der Waals surface area contributed by atoms with Crippen LogP contribution in [0.25, 0.3) is 0 Å². The van der Waals surface area contributed by atoms with E-state index in [0.717, 1.165) is 5.69 Å². The molecule has 5 heteroatoms. The molecule has 0 radical (unpaired) electrons. The van der Waals surface area contributed by atoms with E-state index in [-0.39, 0.29) is 4.99 Å². The smallest absolute Gasteiger partial charge is 0.145 e. The first-order chi connectivity index (χ1) is 8.56. The van der Waals surface area contributed by atoms with Crippen molar-refractivity contribution in [3.8, 4) is 11.5 Å². The van der Waals surface area contributed by atoms with Crippen molar-refractivity contribution in [2.75, 3.05) is 0 Å². The number of ether oxygens (including phenoxy) is 1. The van der Waals surface area contributed by atoms with E-state index < -0.39 is 0 Å². The maximum Gasteiger partial charge on any atom is 0.145 e. The van der Waals surface area contributed by atoms with E-state index in [1.54, 1.807) is 24.4 Å². The first-order valence-electron chi connectivity index (χ1n) is 5.26. The number of hydrogen-bond donors (Lipinski definition) is 1. The number of benzene rings is 1. The predicted octanol–water partition coefficient (Wildman–Crippen LogP) is 3.47. The molecule has 0 saturated carbocycles. The number of nitrogens with zero attached hydrogens (tertiary/aromatic N) is 1. The number of halogens is 1. The minimum Gasteiger partial charge on any atom is -0.456 e. The van der Waals surface area contributed by atoms with Crippen LogP contribution in [0.15, 0.2) is 36.5 Å². The van der Waals surface area contributed by atoms with Crippen LogP contribution in [-0.4, -0.2) is 9.97 Å². The molecule has 3 nitrogen and oxygen atoms in total. The third kappa shape index (κ3) is 2.97. The first-order valence-corrected chi connectivity index (χ1v) is 6.05. The van der Waals surface area contributed by atoms with Crippen molar-refractivity contribution in [3.63, 3.8) is 0 Å². The Balaban J connectivity index is 2.22. The molecule has 0 aliphatic carbocycles. The van der Waals surface area contributed by atoms with E-state index in [9.17, 15) is 0 Å². The number of aromatic nitrogens is 1. The Morgan fingerprint density at radius 2 is 2.00 bits per heavy atom. The quantitative estimate of drug-likeness (QED) is 0.874. The van der Waals surface area contributed by atoms with Gasteiger partial charge in [0, 0.05) is 17.3 Å². The van der Waals surface area contributed by atoms with Gasteiger partial charge in [-0.3, -0.25) is 4.98 Å². The van der Waals surface area contributed by atoms with Gasteiger partial charge in [-0.05, 0) is 31.2 Å². The molecule has 0 amide bonds. The van der Waals surface area contributed by atoms with Gasteiger partial charge < -0.3 is 10.5 Å². The van der Waals surface area contributed by atoms with Gasteiger partial charge in [0.05, 0.1) is 11.2 Å². The second kappa shape index (κ2) is 5.33. The molecular weight excluding hydrogens is 268 g/mol. The van der Waals surface area contributed by atoms with Gasteiger partial charge >= 0.3 is 0 Å². The van der Waals surface area contributed by atoms with Crippen LogP contribution in [0.5, 0.6) is 11.5 Å². The summed E-state index contributed by atoms with van der Waals surface area (Å²) in [5.41, 5.74) is 7.10. The van der Waals surface area contributed by atoms with Crippen molar-refractivity contribution in [2.45, 2.75) is 6.92 Å². The molecule has 0 saturated heterocycles. The van der Waals surface area contributed by atoms with Gasteiger partial charge in [-0.1, -0.05) is 23.8 Å². The maximum atomic E-state index is 6.05. The number of thiocarbonyl (C=S) groups is 1. The fraction of sp³-hybridized carbons (Fsp3) is 0.0769. The topological polar surface area (TPSA) is 48.1 Å². The van der Waals surface area contributed by atoms with Crippen LogP contribution in [0.1, 0.15) is 11.3 Å². The largest absolute Gasteiger partial charge is 0.456 e. The maximum absolute atomic E-state index is 6.05. The molecule has 1 aromatic heterocycles. The Labute approximate surface area is 116 Å². The van der Waals surface area contributed by atoms with Crippen LogP contribution in [0, 0.1) is 6.92 Å². The molecule has 18 heavy (non-hydrogen) atoms. The van der Waals surface area contributed by atoms with Crippen molar-refractivity contribution in [2.24, 2.45) is 5.73 Å². The van der Waals surface area contributed by atoms with Gasteiger partial charge in [0.1, 0.15) is 16.5 Å². The van der Waals surface area contributed by atoms with Gasteiger partial charge in [0.25, 0.3) is 0 Å². The summed E-state index contributed by atoms with van der Waals surface area (Å²) in [7, 11) is 0. The second-order valence-corrected chi connectivity index (χ2v) is 4.59. The zero-order valence-electron chi connectivity index (χ0n) is 9.68. The van der Waals surface area contributed by atoms with Crippen molar-refractivity contribution in [1.82, 2.24) is 4.98 Å². The summed E-state index contributed by atoms with van der Waals surface area (Å²) >= 11 is 10.9. The van der Waals surface area contributed by atoms with Crippen LogP contribution < -0.4 is 10.5 Å². The summed E-state index contributed by atoms with van der Waals surface area (Å²) < 4.78 is 5.62. The average Bonchev–Trinajstić information content (AvgIpc) is 2.32. The first kappa shape index (κ1) is 12.8. The fourth-order valence-corrected chi connectivity index (χ4v) is 1.92. The molecule has 0 spiro atoms. The summed E-state index contributed by atoms with van der Waals surface area (Å²) in [6, 6.07) is 8.90. The monoisotopic (exact) mass is 278 g/mol. The van der Waals surface area contributed by atoms with Gasteiger partial charge in [-0.2, -0.15) is 0 Å². The summed E-state index contributed by atoms with van der Waals surface area (Å²) in [5.74, 6) is 1.27. The number of rotatable bonds is 3. The van der Waals surface area contributed by atoms with E-state index in [4.69, 9.17) is 34.3 Å². The Morgan fingerprint density at radius 3 is 2.56 bits per heavy atom. The Bertz CT molecular complexity index is 584. The van der Waals surface area contributed by atoms with Gasteiger partial charge in [-0.15, -0.1) is 0 Å². The number of pyridine rings is 1. The molecule has 1 heterocycles. The molecule has 1 aromatic carbocycles. The van der Waals surface area contributed by atoms with Crippen LogP contribution in [0.2, 0.25) is 5.02 Å². The molecule has 0 unspecified atom stereocenters. The van der Waals surface area contributed by atoms with Gasteiger partial charge in [0.15, 0.2) is 0 Å². The van der Waals surface area contributed by atoms with Gasteiger partial charge in [-0.25, -0.2) is 0 Å². The normalized spacial score (nSPS) is 10.1. The molecule has 0 bridgehead atoms. The standard InChI is InChI=1S/C13H11ClN2OS/c1-8-2-3-10(7-16-8)17-9-4-5-11(13(15)18)12(14)6-9/h2-7H,1H3,(H2,15,18). The molecular formula is C13H11ClN2OS. The lowest BCUT2D eigenvalue weighted by Crippen LogP contribution is -2.09. The van der Waals surface area contributed by atoms with Crippen LogP contribution >= 0.6 is 23.8 Å². The predicted molar refractivity (Wildman–Crippen MR) is 76.4 cm³/mol. The summed E-state index contributed by atoms with van der Waals surface area (Å²) in [6.45, 7) is 1.91. The van der Waals surface area contributed by atoms with Crippen LogP contribution in [-0.2, 0) is 0 Å². The molecule has 0 aliphatic rings. The zero-order valence-corrected chi connectivity index (χ0v) is 11.3. The summed E-state index contributed by atoms with van der Waals surface area (Å²) in [4.78, 5) is 4.41. The summed E-state index contributed by atoms with van der Waals surface area (Å²) in [5, 5.41) is 0.472. The van der Waals surface area contributed by atoms with Crippen molar-refractivity contribution in [3.05, 3.63) is 52.8 Å². The highest BCUT2D eigenvalue weighted by Crippen LogP contribution is 2.26. The number of nitrogens with two attached hydrogens (primary N) is 1. The van der Waals surface area contributed by atoms with Gasteiger partial charge in [0.2, 0.25) is 0 Å². The zero-order chi connectivity index (χ0) is 13.1. The highest BCUT2D eigenvalue weighted by molar-refractivity contribution is 7.80.